The molecule has 0 spiro atoms. The van der Waals surface area contributed by atoms with Gasteiger partial charge in [-0.15, -0.1) is 0 Å². The second kappa shape index (κ2) is 6.19. The molecule has 3 rings (SSSR count). The number of hydrogen-bond donors (Lipinski definition) is 0. The van der Waals surface area contributed by atoms with Crippen LogP contribution in [0.3, 0.4) is 0 Å². The molecule has 3 nitrogen and oxygen atoms in total. The fraction of sp³-hybridized carbons (Fsp3) is 0.125. The van der Waals surface area contributed by atoms with Gasteiger partial charge in [0.05, 0.1) is 10.9 Å². The quantitative estimate of drug-likeness (QED) is 0.376. The van der Waals surface area contributed by atoms with E-state index in [2.05, 4.69) is 39.7 Å². The van der Waals surface area contributed by atoms with E-state index in [4.69, 9.17) is 0 Å². The monoisotopic (exact) mass is 408 g/mol. The summed E-state index contributed by atoms with van der Waals surface area (Å²) < 4.78 is 2.68. The van der Waals surface area contributed by atoms with Gasteiger partial charge < -0.3 is 0 Å². The lowest BCUT2D eigenvalue weighted by atomic mass is 10.2. The fourth-order valence-electron chi connectivity index (χ4n) is 2.07. The molecular formula is C16H13IN2OS. The molecule has 0 atom stereocenters. The molecule has 5 heteroatoms. The minimum atomic E-state index is 0.00841. The van der Waals surface area contributed by atoms with Crippen LogP contribution in [-0.2, 0) is 12.8 Å². The molecule has 0 aliphatic heterocycles. The van der Waals surface area contributed by atoms with Crippen LogP contribution in [-0.4, -0.2) is 9.55 Å². The van der Waals surface area contributed by atoms with Gasteiger partial charge in [0.15, 0.2) is 5.16 Å². The molecule has 1 heterocycles. The third-order valence-corrected chi connectivity index (χ3v) is 4.98. The van der Waals surface area contributed by atoms with Crippen LogP contribution in [0.5, 0.6) is 0 Å². The van der Waals surface area contributed by atoms with Crippen LogP contribution in [0.2, 0.25) is 0 Å². The van der Waals surface area contributed by atoms with E-state index in [0.717, 1.165) is 20.0 Å². The molecule has 21 heavy (non-hydrogen) atoms. The van der Waals surface area contributed by atoms with Gasteiger partial charge in [-0.05, 0) is 46.4 Å². The van der Waals surface area contributed by atoms with E-state index in [1.807, 2.05) is 36.4 Å². The van der Waals surface area contributed by atoms with Crippen molar-refractivity contribution >= 4 is 45.3 Å². The maximum Gasteiger partial charge on any atom is 0.261 e. The van der Waals surface area contributed by atoms with Gasteiger partial charge in [-0.3, -0.25) is 9.36 Å². The minimum absolute atomic E-state index is 0.00841. The fourth-order valence-corrected chi connectivity index (χ4v) is 3.49. The molecule has 0 radical (unpaired) electrons. The van der Waals surface area contributed by atoms with Crippen LogP contribution >= 0.6 is 34.4 Å². The highest BCUT2D eigenvalue weighted by Crippen LogP contribution is 2.22. The third kappa shape index (κ3) is 3.13. The van der Waals surface area contributed by atoms with Crippen LogP contribution in [0.15, 0.2) is 58.5 Å². The first-order valence-corrected chi connectivity index (χ1v) is 8.54. The van der Waals surface area contributed by atoms with Gasteiger partial charge in [0.25, 0.3) is 5.56 Å². The smallest absolute Gasteiger partial charge is 0.261 e. The zero-order chi connectivity index (χ0) is 14.8. The molecule has 0 fully saturated rings. The van der Waals surface area contributed by atoms with Crippen molar-refractivity contribution in [2.45, 2.75) is 10.9 Å². The minimum Gasteiger partial charge on any atom is -0.290 e. The normalized spacial score (nSPS) is 11.0. The predicted octanol–water partition coefficient (Wildman–Crippen LogP) is 3.83. The summed E-state index contributed by atoms with van der Waals surface area (Å²) in [5, 5.41) is 1.42. The lowest BCUT2D eigenvalue weighted by molar-refractivity contribution is 0.726. The molecule has 0 bridgehead atoms. The Morgan fingerprint density at radius 3 is 2.71 bits per heavy atom. The number of aromatic nitrogens is 2. The summed E-state index contributed by atoms with van der Waals surface area (Å²) in [7, 11) is 1.78. The first kappa shape index (κ1) is 14.6. The maximum atomic E-state index is 12.4. The average Bonchev–Trinajstić information content (AvgIpc) is 2.51. The molecule has 0 saturated carbocycles. The molecule has 0 saturated heterocycles. The molecule has 2 aromatic carbocycles. The van der Waals surface area contributed by atoms with E-state index in [9.17, 15) is 4.79 Å². The third-order valence-electron chi connectivity index (χ3n) is 3.21. The second-order valence-corrected chi connectivity index (χ2v) is 6.88. The van der Waals surface area contributed by atoms with Crippen molar-refractivity contribution in [1.29, 1.82) is 0 Å². The SMILES string of the molecule is Cn1c(SCc2ccccc2)nc2ccc(I)cc2c1=O. The largest absolute Gasteiger partial charge is 0.290 e. The number of hydrogen-bond acceptors (Lipinski definition) is 3. The van der Waals surface area contributed by atoms with E-state index in [1.165, 1.54) is 5.56 Å². The molecule has 0 aliphatic carbocycles. The first-order valence-electron chi connectivity index (χ1n) is 6.48. The van der Waals surface area contributed by atoms with Crippen LogP contribution in [0.4, 0.5) is 0 Å². The van der Waals surface area contributed by atoms with Crippen LogP contribution in [0.25, 0.3) is 10.9 Å². The Morgan fingerprint density at radius 2 is 1.95 bits per heavy atom. The molecular weight excluding hydrogens is 395 g/mol. The molecule has 106 valence electrons. The lowest BCUT2D eigenvalue weighted by Crippen LogP contribution is -2.20. The van der Waals surface area contributed by atoms with Crippen LogP contribution < -0.4 is 5.56 Å². The van der Waals surface area contributed by atoms with Crippen molar-refractivity contribution in [2.24, 2.45) is 7.05 Å². The summed E-state index contributed by atoms with van der Waals surface area (Å²) >= 11 is 3.79. The average molecular weight is 408 g/mol. The molecule has 3 aromatic rings. The van der Waals surface area contributed by atoms with Crippen molar-refractivity contribution in [3.05, 3.63) is 68.0 Å². The van der Waals surface area contributed by atoms with Gasteiger partial charge in [-0.25, -0.2) is 4.98 Å². The molecule has 0 unspecified atom stereocenters. The summed E-state index contributed by atoms with van der Waals surface area (Å²) in [6.45, 7) is 0. The van der Waals surface area contributed by atoms with Crippen LogP contribution in [0.1, 0.15) is 5.56 Å². The van der Waals surface area contributed by atoms with Crippen molar-refractivity contribution in [3.8, 4) is 0 Å². The Morgan fingerprint density at radius 1 is 1.19 bits per heavy atom. The summed E-state index contributed by atoms with van der Waals surface area (Å²) in [4.78, 5) is 17.0. The van der Waals surface area contributed by atoms with Crippen LogP contribution in [0, 0.1) is 3.57 Å². The van der Waals surface area contributed by atoms with E-state index in [0.29, 0.717) is 5.39 Å². The maximum absolute atomic E-state index is 12.4. The number of rotatable bonds is 3. The molecule has 0 N–H and O–H groups in total. The summed E-state index contributed by atoms with van der Waals surface area (Å²) in [5.74, 6) is 0.803. The zero-order valence-electron chi connectivity index (χ0n) is 11.4. The number of nitrogens with zero attached hydrogens (tertiary/aromatic N) is 2. The highest BCUT2D eigenvalue weighted by molar-refractivity contribution is 14.1. The Kier molecular flexibility index (Phi) is 4.30. The van der Waals surface area contributed by atoms with Gasteiger partial charge >= 0.3 is 0 Å². The number of halogens is 1. The Bertz CT molecular complexity index is 846. The van der Waals surface area contributed by atoms with E-state index < -0.39 is 0 Å². The summed E-state index contributed by atoms with van der Waals surface area (Å²) in [6, 6.07) is 16.0. The number of benzene rings is 2. The number of fused-ring (bicyclic) bond motifs is 1. The van der Waals surface area contributed by atoms with E-state index in [-0.39, 0.29) is 5.56 Å². The number of thioether (sulfide) groups is 1. The Balaban J connectivity index is 1.98. The van der Waals surface area contributed by atoms with Gasteiger partial charge in [-0.1, -0.05) is 42.1 Å². The van der Waals surface area contributed by atoms with Crippen molar-refractivity contribution in [1.82, 2.24) is 9.55 Å². The zero-order valence-corrected chi connectivity index (χ0v) is 14.4. The van der Waals surface area contributed by atoms with Gasteiger partial charge in [0, 0.05) is 16.4 Å². The van der Waals surface area contributed by atoms with Crippen molar-refractivity contribution in [3.63, 3.8) is 0 Å². The topological polar surface area (TPSA) is 34.9 Å². The second-order valence-electron chi connectivity index (χ2n) is 4.69. The Hall–Kier alpha value is -1.34. The van der Waals surface area contributed by atoms with Crippen molar-refractivity contribution in [2.75, 3.05) is 0 Å². The highest BCUT2D eigenvalue weighted by Gasteiger charge is 2.09. The van der Waals surface area contributed by atoms with Gasteiger partial charge in [-0.2, -0.15) is 0 Å². The predicted molar refractivity (Wildman–Crippen MR) is 95.7 cm³/mol. The van der Waals surface area contributed by atoms with Gasteiger partial charge in [0.1, 0.15) is 0 Å². The van der Waals surface area contributed by atoms with E-state index >= 15 is 0 Å². The lowest BCUT2D eigenvalue weighted by Gasteiger charge is -2.09. The highest BCUT2D eigenvalue weighted by atomic mass is 127. The molecule has 0 aliphatic rings. The first-order chi connectivity index (χ1) is 10.1. The standard InChI is InChI=1S/C16H13IN2OS/c1-19-15(20)13-9-12(17)7-8-14(13)18-16(19)21-10-11-5-3-2-4-6-11/h2-9H,10H2,1H3. The van der Waals surface area contributed by atoms with Gasteiger partial charge in [0.2, 0.25) is 0 Å². The Labute approximate surface area is 140 Å². The summed E-state index contributed by atoms with van der Waals surface area (Å²) in [6.07, 6.45) is 0. The molecule has 0 amide bonds. The van der Waals surface area contributed by atoms with E-state index in [1.54, 1.807) is 23.4 Å². The van der Waals surface area contributed by atoms with Crippen molar-refractivity contribution < 1.29 is 0 Å². The molecule has 1 aromatic heterocycles. The summed E-state index contributed by atoms with van der Waals surface area (Å²) in [5.41, 5.74) is 1.99.